The third-order valence-corrected chi connectivity index (χ3v) is 6.75. The summed E-state index contributed by atoms with van der Waals surface area (Å²) in [6, 6.07) is 5.10. The zero-order valence-electron chi connectivity index (χ0n) is 21.5. The maximum atomic E-state index is 12.9. The molecule has 1 atom stereocenters. The first-order valence-electron chi connectivity index (χ1n) is 11.9. The third-order valence-electron chi connectivity index (χ3n) is 6.35. The van der Waals surface area contributed by atoms with Gasteiger partial charge < -0.3 is 20.5 Å². The number of aliphatic hydroxyl groups excluding tert-OH is 1. The minimum Gasteiger partial charge on any atom is -0.493 e. The first-order valence-corrected chi connectivity index (χ1v) is 12.3. The molecule has 0 saturated carbocycles. The molecule has 1 amide bonds. The van der Waals surface area contributed by atoms with E-state index >= 15 is 0 Å². The molecule has 37 heavy (non-hydrogen) atoms. The number of pyridine rings is 1. The van der Waals surface area contributed by atoms with E-state index in [0.717, 1.165) is 27.9 Å². The summed E-state index contributed by atoms with van der Waals surface area (Å²) in [6.07, 6.45) is 3.00. The molecular formula is C26H30ClN7O3. The van der Waals surface area contributed by atoms with Crippen LogP contribution in [0.1, 0.15) is 47.2 Å². The van der Waals surface area contributed by atoms with Crippen molar-refractivity contribution in [1.82, 2.24) is 29.6 Å². The summed E-state index contributed by atoms with van der Waals surface area (Å²) < 4.78 is 8.02. The number of aliphatic hydroxyl groups is 1. The van der Waals surface area contributed by atoms with Crippen LogP contribution in [0, 0.1) is 13.8 Å². The van der Waals surface area contributed by atoms with E-state index in [0.29, 0.717) is 34.2 Å². The molecule has 0 saturated heterocycles. The maximum Gasteiger partial charge on any atom is 0.272 e. The predicted octanol–water partition coefficient (Wildman–Crippen LogP) is 3.81. The highest BCUT2D eigenvalue weighted by atomic mass is 35.5. The SMILES string of the molecule is CCOc1c(C(C)n2nc(C)c3c(N)ncnc32)cc(Cl)c(C)c1-c1ccnc(C(=O)N(C)CCO)c1. The van der Waals surface area contributed by atoms with E-state index in [4.69, 9.17) is 27.2 Å². The number of carbonyl (C=O) groups is 1. The van der Waals surface area contributed by atoms with Gasteiger partial charge in [0.1, 0.15) is 23.6 Å². The van der Waals surface area contributed by atoms with Crippen LogP contribution in [-0.2, 0) is 0 Å². The molecule has 0 spiro atoms. The molecule has 0 aliphatic carbocycles. The zero-order valence-corrected chi connectivity index (χ0v) is 22.2. The van der Waals surface area contributed by atoms with Crippen LogP contribution in [0.25, 0.3) is 22.2 Å². The summed E-state index contributed by atoms with van der Waals surface area (Å²) in [5.41, 5.74) is 10.8. The van der Waals surface area contributed by atoms with Crippen molar-refractivity contribution in [2.75, 3.05) is 32.5 Å². The van der Waals surface area contributed by atoms with Crippen molar-refractivity contribution < 1.29 is 14.6 Å². The largest absolute Gasteiger partial charge is 0.493 e. The molecule has 0 fully saturated rings. The second kappa shape index (κ2) is 10.7. The Kier molecular flexibility index (Phi) is 7.60. The number of nitrogen functional groups attached to an aromatic ring is 1. The molecule has 0 bridgehead atoms. The molecule has 194 valence electrons. The van der Waals surface area contributed by atoms with Gasteiger partial charge in [-0.3, -0.25) is 9.78 Å². The Labute approximate surface area is 220 Å². The number of aromatic nitrogens is 5. The van der Waals surface area contributed by atoms with Gasteiger partial charge in [0.05, 0.1) is 30.3 Å². The molecule has 0 aliphatic rings. The molecule has 1 aromatic carbocycles. The van der Waals surface area contributed by atoms with E-state index in [1.54, 1.807) is 24.0 Å². The monoisotopic (exact) mass is 523 g/mol. The number of rotatable bonds is 8. The molecular weight excluding hydrogens is 494 g/mol. The summed E-state index contributed by atoms with van der Waals surface area (Å²) in [6.45, 7) is 8.17. The van der Waals surface area contributed by atoms with E-state index in [-0.39, 0.29) is 30.8 Å². The van der Waals surface area contributed by atoms with E-state index in [1.807, 2.05) is 39.8 Å². The number of hydrogen-bond acceptors (Lipinski definition) is 8. The summed E-state index contributed by atoms with van der Waals surface area (Å²) in [5, 5.41) is 15.2. The fraction of sp³-hybridized carbons (Fsp3) is 0.346. The van der Waals surface area contributed by atoms with Crippen LogP contribution in [0.15, 0.2) is 30.7 Å². The van der Waals surface area contributed by atoms with Gasteiger partial charge >= 0.3 is 0 Å². The molecule has 0 aliphatic heterocycles. The number of halogens is 1. The topological polar surface area (TPSA) is 132 Å². The molecule has 0 radical (unpaired) electrons. The minimum atomic E-state index is -0.317. The number of hydrogen-bond donors (Lipinski definition) is 2. The van der Waals surface area contributed by atoms with Crippen molar-refractivity contribution >= 4 is 34.4 Å². The van der Waals surface area contributed by atoms with Gasteiger partial charge in [-0.05, 0) is 57.0 Å². The van der Waals surface area contributed by atoms with Gasteiger partial charge in [0, 0.05) is 35.9 Å². The van der Waals surface area contributed by atoms with Crippen LogP contribution >= 0.6 is 11.6 Å². The van der Waals surface area contributed by atoms with Crippen LogP contribution in [0.4, 0.5) is 5.82 Å². The predicted molar refractivity (Wildman–Crippen MR) is 143 cm³/mol. The maximum absolute atomic E-state index is 12.9. The number of amides is 1. The third kappa shape index (κ3) is 4.82. The number of nitrogens with two attached hydrogens (primary N) is 1. The Morgan fingerprint density at radius 2 is 2.03 bits per heavy atom. The lowest BCUT2D eigenvalue weighted by Gasteiger charge is -2.23. The van der Waals surface area contributed by atoms with E-state index in [2.05, 4.69) is 15.0 Å². The smallest absolute Gasteiger partial charge is 0.272 e. The van der Waals surface area contributed by atoms with Gasteiger partial charge in [0.2, 0.25) is 0 Å². The lowest BCUT2D eigenvalue weighted by atomic mass is 9.93. The van der Waals surface area contributed by atoms with Gasteiger partial charge in [-0.25, -0.2) is 14.6 Å². The number of carbonyl (C=O) groups excluding carboxylic acids is 1. The molecule has 4 aromatic rings. The first-order chi connectivity index (χ1) is 17.7. The van der Waals surface area contributed by atoms with Crippen molar-refractivity contribution in [3.8, 4) is 16.9 Å². The molecule has 10 nitrogen and oxygen atoms in total. The van der Waals surface area contributed by atoms with Crippen LogP contribution in [-0.4, -0.2) is 67.5 Å². The van der Waals surface area contributed by atoms with E-state index in [9.17, 15) is 9.90 Å². The van der Waals surface area contributed by atoms with Crippen LogP contribution in [0.3, 0.4) is 0 Å². The quantitative estimate of drug-likeness (QED) is 0.356. The van der Waals surface area contributed by atoms with Crippen molar-refractivity contribution in [1.29, 1.82) is 0 Å². The normalized spacial score (nSPS) is 12.1. The van der Waals surface area contributed by atoms with E-state index < -0.39 is 0 Å². The van der Waals surface area contributed by atoms with Crippen molar-refractivity contribution in [3.63, 3.8) is 0 Å². The lowest BCUT2D eigenvalue weighted by molar-refractivity contribution is 0.0761. The highest BCUT2D eigenvalue weighted by Crippen LogP contribution is 2.43. The highest BCUT2D eigenvalue weighted by Gasteiger charge is 2.26. The molecule has 1 unspecified atom stereocenters. The fourth-order valence-electron chi connectivity index (χ4n) is 4.42. The van der Waals surface area contributed by atoms with Gasteiger partial charge in [-0.2, -0.15) is 5.10 Å². The number of benzene rings is 1. The molecule has 3 N–H and O–H groups in total. The fourth-order valence-corrected chi connectivity index (χ4v) is 4.64. The summed E-state index contributed by atoms with van der Waals surface area (Å²) >= 11 is 6.77. The lowest BCUT2D eigenvalue weighted by Crippen LogP contribution is -2.30. The molecule has 11 heteroatoms. The molecule has 4 rings (SSSR count). The van der Waals surface area contributed by atoms with Crippen molar-refractivity contribution in [3.05, 3.63) is 58.3 Å². The van der Waals surface area contributed by atoms with Gasteiger partial charge in [-0.1, -0.05) is 11.6 Å². The number of fused-ring (bicyclic) bond motifs is 1. The Morgan fingerprint density at radius 3 is 2.73 bits per heavy atom. The Morgan fingerprint density at radius 1 is 1.27 bits per heavy atom. The highest BCUT2D eigenvalue weighted by molar-refractivity contribution is 6.32. The van der Waals surface area contributed by atoms with Crippen LogP contribution in [0.2, 0.25) is 5.02 Å². The summed E-state index contributed by atoms with van der Waals surface area (Å²) in [7, 11) is 1.62. The van der Waals surface area contributed by atoms with Gasteiger partial charge in [0.15, 0.2) is 5.65 Å². The van der Waals surface area contributed by atoms with Crippen LogP contribution < -0.4 is 10.5 Å². The average molecular weight is 524 g/mol. The molecule has 3 heterocycles. The van der Waals surface area contributed by atoms with Crippen molar-refractivity contribution in [2.45, 2.75) is 33.7 Å². The first kappa shape index (κ1) is 26.3. The zero-order chi connectivity index (χ0) is 26.9. The number of likely N-dealkylation sites (N-methyl/N-ethyl adjacent to an activating group) is 1. The van der Waals surface area contributed by atoms with Crippen LogP contribution in [0.5, 0.6) is 5.75 Å². The summed E-state index contributed by atoms with van der Waals surface area (Å²) in [5.74, 6) is 0.709. The minimum absolute atomic E-state index is 0.136. The molecule has 3 aromatic heterocycles. The Balaban J connectivity index is 1.91. The second-order valence-electron chi connectivity index (χ2n) is 8.75. The Bertz CT molecular complexity index is 1470. The standard InChI is InChI=1S/C26H30ClN7O3/c1-6-37-23-18(16(4)34-25-22(15(3)32-34)24(28)30-13-31-25)12-19(27)14(2)21(23)17-7-8-29-20(11-17)26(36)33(5)9-10-35/h7-8,11-13,16,35H,6,9-10H2,1-5H3,(H2,28,30,31). The number of ether oxygens (including phenoxy) is 1. The van der Waals surface area contributed by atoms with E-state index in [1.165, 1.54) is 11.2 Å². The Hall–Kier alpha value is -3.76. The van der Waals surface area contributed by atoms with Gasteiger partial charge in [0.25, 0.3) is 5.91 Å². The second-order valence-corrected chi connectivity index (χ2v) is 9.16. The average Bonchev–Trinajstić information content (AvgIpc) is 3.23. The number of aryl methyl sites for hydroxylation is 1. The number of nitrogens with zero attached hydrogens (tertiary/aromatic N) is 6. The van der Waals surface area contributed by atoms with Gasteiger partial charge in [-0.15, -0.1) is 0 Å². The summed E-state index contributed by atoms with van der Waals surface area (Å²) in [4.78, 5) is 27.1. The van der Waals surface area contributed by atoms with Crippen molar-refractivity contribution in [2.24, 2.45) is 0 Å². The number of anilines is 1.